The molecule has 1 unspecified atom stereocenters. The smallest absolute Gasteiger partial charge is 0.338 e. The number of methoxy groups -OCH3 is 1. The van der Waals surface area contributed by atoms with Gasteiger partial charge in [0.15, 0.2) is 0 Å². The molecule has 88 valence electrons. The van der Waals surface area contributed by atoms with Gasteiger partial charge < -0.3 is 20.3 Å². The summed E-state index contributed by atoms with van der Waals surface area (Å²) in [5, 5.41) is 20.5. The monoisotopic (exact) mass is 226 g/mol. The second-order valence-corrected chi connectivity index (χ2v) is 3.14. The number of carbonyl (C=O) groups is 1. The van der Waals surface area contributed by atoms with Crippen molar-refractivity contribution in [2.24, 2.45) is 0 Å². The van der Waals surface area contributed by atoms with Gasteiger partial charge in [0.05, 0.1) is 25.4 Å². The molecule has 0 aliphatic carbocycles. The zero-order valence-corrected chi connectivity index (χ0v) is 8.88. The molecule has 1 aromatic heterocycles. The van der Waals surface area contributed by atoms with E-state index in [9.17, 15) is 4.79 Å². The predicted octanol–water partition coefficient (Wildman–Crippen LogP) is -0.367. The van der Waals surface area contributed by atoms with Crippen molar-refractivity contribution in [1.29, 1.82) is 0 Å². The van der Waals surface area contributed by atoms with Gasteiger partial charge in [-0.3, -0.25) is 0 Å². The molecular weight excluding hydrogens is 212 g/mol. The quantitative estimate of drug-likeness (QED) is 0.593. The molecule has 1 heterocycles. The van der Waals surface area contributed by atoms with Crippen LogP contribution in [0.15, 0.2) is 18.3 Å². The fourth-order valence-corrected chi connectivity index (χ4v) is 1.06. The first-order valence-corrected chi connectivity index (χ1v) is 4.74. The van der Waals surface area contributed by atoms with E-state index in [1.165, 1.54) is 25.4 Å². The van der Waals surface area contributed by atoms with Gasteiger partial charge in [-0.15, -0.1) is 0 Å². The summed E-state index contributed by atoms with van der Waals surface area (Å²) in [6.45, 7) is -0.169. The maximum atomic E-state index is 11.2. The van der Waals surface area contributed by atoms with E-state index in [1.54, 1.807) is 0 Å². The summed E-state index contributed by atoms with van der Waals surface area (Å²) in [5.41, 5.74) is 0.374. The van der Waals surface area contributed by atoms with Crippen LogP contribution in [0.4, 0.5) is 5.82 Å². The normalized spacial score (nSPS) is 11.9. The molecule has 0 spiro atoms. The molecule has 6 nitrogen and oxygen atoms in total. The Hall–Kier alpha value is -1.66. The van der Waals surface area contributed by atoms with Gasteiger partial charge in [-0.2, -0.15) is 0 Å². The van der Waals surface area contributed by atoms with Gasteiger partial charge in [-0.25, -0.2) is 9.78 Å². The molecule has 0 aromatic carbocycles. The Kier molecular flexibility index (Phi) is 4.68. The van der Waals surface area contributed by atoms with Crippen molar-refractivity contribution in [2.75, 3.05) is 25.6 Å². The van der Waals surface area contributed by atoms with Gasteiger partial charge in [-0.1, -0.05) is 0 Å². The van der Waals surface area contributed by atoms with Gasteiger partial charge >= 0.3 is 5.97 Å². The summed E-state index contributed by atoms with van der Waals surface area (Å²) in [6, 6.07) is 3.04. The van der Waals surface area contributed by atoms with Crippen LogP contribution in [0.1, 0.15) is 10.4 Å². The summed E-state index contributed by atoms with van der Waals surface area (Å²) in [5.74, 6) is -0.0106. The summed E-state index contributed by atoms with van der Waals surface area (Å²) in [4.78, 5) is 15.1. The molecule has 0 bridgehead atoms. The number of hydrogen-bond donors (Lipinski definition) is 3. The Balaban J connectivity index is 2.64. The van der Waals surface area contributed by atoms with Crippen LogP contribution in [0.3, 0.4) is 0 Å². The number of rotatable bonds is 5. The minimum Gasteiger partial charge on any atom is -0.465 e. The number of carbonyl (C=O) groups excluding carboxylic acids is 1. The van der Waals surface area contributed by atoms with Crippen molar-refractivity contribution in [3.63, 3.8) is 0 Å². The van der Waals surface area contributed by atoms with Gasteiger partial charge in [0, 0.05) is 12.7 Å². The number of aliphatic hydroxyl groups excluding tert-OH is 2. The van der Waals surface area contributed by atoms with Crippen LogP contribution in [0.2, 0.25) is 0 Å². The van der Waals surface area contributed by atoms with E-state index >= 15 is 0 Å². The number of ether oxygens (including phenoxy) is 1. The van der Waals surface area contributed by atoms with E-state index in [0.717, 1.165) is 0 Å². The second-order valence-electron chi connectivity index (χ2n) is 3.14. The van der Waals surface area contributed by atoms with Crippen LogP contribution in [0.25, 0.3) is 0 Å². The highest BCUT2D eigenvalue weighted by Gasteiger charge is 2.07. The zero-order valence-electron chi connectivity index (χ0n) is 8.88. The number of esters is 1. The van der Waals surface area contributed by atoms with E-state index in [1.807, 2.05) is 0 Å². The molecule has 3 N–H and O–H groups in total. The Labute approximate surface area is 92.9 Å². The summed E-state index contributed by atoms with van der Waals surface area (Å²) >= 11 is 0. The largest absolute Gasteiger partial charge is 0.465 e. The number of nitrogens with one attached hydrogen (secondary N) is 1. The highest BCUT2D eigenvalue weighted by atomic mass is 16.5. The number of aromatic nitrogens is 1. The summed E-state index contributed by atoms with van der Waals surface area (Å²) < 4.78 is 4.55. The third kappa shape index (κ3) is 3.48. The first-order chi connectivity index (χ1) is 7.67. The van der Waals surface area contributed by atoms with Gasteiger partial charge in [0.25, 0.3) is 0 Å². The predicted molar refractivity (Wildman–Crippen MR) is 57.2 cm³/mol. The number of hydrogen-bond acceptors (Lipinski definition) is 6. The maximum Gasteiger partial charge on any atom is 0.338 e. The standard InChI is InChI=1S/C10H14N2O4/c1-16-10(15)7-2-3-11-9(4-7)12-5-8(14)6-13/h2-4,8,13-14H,5-6H2,1H3,(H,11,12). The molecule has 6 heteroatoms. The van der Waals surface area contributed by atoms with E-state index in [4.69, 9.17) is 10.2 Å². The van der Waals surface area contributed by atoms with Crippen LogP contribution in [0.5, 0.6) is 0 Å². The van der Waals surface area contributed by atoms with Crippen molar-refractivity contribution in [2.45, 2.75) is 6.10 Å². The Morgan fingerprint density at radius 3 is 3.06 bits per heavy atom. The van der Waals surface area contributed by atoms with Crippen LogP contribution < -0.4 is 5.32 Å². The van der Waals surface area contributed by atoms with Crippen molar-refractivity contribution in [1.82, 2.24) is 4.98 Å². The Morgan fingerprint density at radius 2 is 2.44 bits per heavy atom. The average molecular weight is 226 g/mol. The lowest BCUT2D eigenvalue weighted by Gasteiger charge is -2.09. The van der Waals surface area contributed by atoms with Crippen molar-refractivity contribution < 1.29 is 19.7 Å². The van der Waals surface area contributed by atoms with Crippen LogP contribution >= 0.6 is 0 Å². The summed E-state index contributed by atoms with van der Waals surface area (Å²) in [7, 11) is 1.30. The van der Waals surface area contributed by atoms with Gasteiger partial charge in [0.1, 0.15) is 5.82 Å². The lowest BCUT2D eigenvalue weighted by atomic mass is 10.2. The second kappa shape index (κ2) is 6.04. The molecule has 0 saturated heterocycles. The molecule has 16 heavy (non-hydrogen) atoms. The molecule has 0 saturated carbocycles. The first kappa shape index (κ1) is 12.4. The van der Waals surface area contributed by atoms with E-state index in [0.29, 0.717) is 11.4 Å². The minimum atomic E-state index is -0.858. The molecular formula is C10H14N2O4. The number of aliphatic hydroxyl groups is 2. The lowest BCUT2D eigenvalue weighted by molar-refractivity contribution is 0.0600. The maximum absolute atomic E-state index is 11.2. The molecule has 1 aromatic rings. The molecule has 0 amide bonds. The first-order valence-electron chi connectivity index (χ1n) is 4.74. The minimum absolute atomic E-state index is 0.161. The SMILES string of the molecule is COC(=O)c1ccnc(NCC(O)CO)c1. The van der Waals surface area contributed by atoms with Crippen LogP contribution in [-0.2, 0) is 4.74 Å². The topological polar surface area (TPSA) is 91.7 Å². The molecule has 1 rings (SSSR count). The molecule has 0 aliphatic rings. The number of nitrogens with zero attached hydrogens (tertiary/aromatic N) is 1. The average Bonchev–Trinajstić information content (AvgIpc) is 2.35. The van der Waals surface area contributed by atoms with Gasteiger partial charge in [0.2, 0.25) is 0 Å². The summed E-state index contributed by atoms with van der Waals surface area (Å²) in [6.07, 6.45) is 0.600. The van der Waals surface area contributed by atoms with E-state index in [2.05, 4.69) is 15.0 Å². The molecule has 0 fully saturated rings. The van der Waals surface area contributed by atoms with E-state index < -0.39 is 12.1 Å². The zero-order chi connectivity index (χ0) is 12.0. The molecule has 0 aliphatic heterocycles. The van der Waals surface area contributed by atoms with Crippen LogP contribution in [-0.4, -0.2) is 47.5 Å². The van der Waals surface area contributed by atoms with Crippen LogP contribution in [0, 0.1) is 0 Å². The third-order valence-electron chi connectivity index (χ3n) is 1.91. The van der Waals surface area contributed by atoms with Crippen molar-refractivity contribution >= 4 is 11.8 Å². The number of pyridine rings is 1. The Morgan fingerprint density at radius 1 is 1.69 bits per heavy atom. The fraction of sp³-hybridized carbons (Fsp3) is 0.400. The highest BCUT2D eigenvalue weighted by molar-refractivity contribution is 5.89. The van der Waals surface area contributed by atoms with Crippen molar-refractivity contribution in [3.8, 4) is 0 Å². The molecule has 0 radical (unpaired) electrons. The fourth-order valence-electron chi connectivity index (χ4n) is 1.06. The van der Waals surface area contributed by atoms with E-state index in [-0.39, 0.29) is 13.2 Å². The highest BCUT2D eigenvalue weighted by Crippen LogP contribution is 2.07. The lowest BCUT2D eigenvalue weighted by Crippen LogP contribution is -2.23. The van der Waals surface area contributed by atoms with Gasteiger partial charge in [-0.05, 0) is 12.1 Å². The Bertz CT molecular complexity index is 356. The third-order valence-corrected chi connectivity index (χ3v) is 1.91. The number of anilines is 1. The molecule has 1 atom stereocenters. The van der Waals surface area contributed by atoms with Crippen molar-refractivity contribution in [3.05, 3.63) is 23.9 Å².